The highest BCUT2D eigenvalue weighted by Crippen LogP contribution is 2.42. The normalized spacial score (nSPS) is 12.2. The standard InChI is InChI=1S/C60H37N5O2/c66-65(67)55-35-54-58(46-23-19-38-11-3-7-15-42(38)33-46)52-28-27-50(62-52)56(44-21-17-36-9-1-5-13-40(36)31-44)48-25-26-49(61-48)57(45-22-18-37-10-2-6-14-41(37)32-45)51-29-30-53(63-51)59(60(55)64-54)47-24-20-39-12-4-8-16-43(39)34-47/h1-35,61,64H. The number of benzene rings is 8. The van der Waals surface area contributed by atoms with Gasteiger partial charge >= 0.3 is 0 Å². The first kappa shape index (κ1) is 38.3. The van der Waals surface area contributed by atoms with Gasteiger partial charge in [-0.2, -0.15) is 0 Å². The van der Waals surface area contributed by atoms with Crippen molar-refractivity contribution in [2.75, 3.05) is 0 Å². The third kappa shape index (κ3) is 6.52. The summed E-state index contributed by atoms with van der Waals surface area (Å²) >= 11 is 0. The molecule has 67 heavy (non-hydrogen) atoms. The number of fused-ring (bicyclic) bond motifs is 12. The van der Waals surface area contributed by atoms with E-state index in [4.69, 9.17) is 9.97 Å². The van der Waals surface area contributed by atoms with E-state index < -0.39 is 0 Å². The monoisotopic (exact) mass is 859 g/mol. The van der Waals surface area contributed by atoms with Crippen molar-refractivity contribution in [2.45, 2.75) is 0 Å². The number of nitro groups is 1. The average Bonchev–Trinajstić information content (AvgIpc) is 4.22. The van der Waals surface area contributed by atoms with Gasteiger partial charge in [-0.25, -0.2) is 9.97 Å². The number of aromatic amines is 2. The lowest BCUT2D eigenvalue weighted by Crippen LogP contribution is -1.91. The van der Waals surface area contributed by atoms with Crippen LogP contribution in [0.5, 0.6) is 0 Å². The Morgan fingerprint density at radius 2 is 0.672 bits per heavy atom. The summed E-state index contributed by atoms with van der Waals surface area (Å²) < 4.78 is 0. The van der Waals surface area contributed by atoms with Gasteiger partial charge in [0.1, 0.15) is 5.52 Å². The first-order valence-corrected chi connectivity index (χ1v) is 22.3. The molecule has 0 spiro atoms. The van der Waals surface area contributed by atoms with Crippen LogP contribution in [-0.4, -0.2) is 24.9 Å². The van der Waals surface area contributed by atoms with Crippen LogP contribution in [0.4, 0.5) is 5.69 Å². The van der Waals surface area contributed by atoms with Crippen LogP contribution < -0.4 is 0 Å². The van der Waals surface area contributed by atoms with Crippen LogP contribution in [0.1, 0.15) is 22.8 Å². The zero-order chi connectivity index (χ0) is 44.6. The highest BCUT2D eigenvalue weighted by molar-refractivity contribution is 6.05. The highest BCUT2D eigenvalue weighted by Gasteiger charge is 2.25. The topological polar surface area (TPSA) is 100 Å². The molecule has 2 aliphatic heterocycles. The molecule has 0 saturated carbocycles. The molecular weight excluding hydrogens is 823 g/mol. The minimum Gasteiger partial charge on any atom is -0.354 e. The van der Waals surface area contributed by atoms with Crippen molar-refractivity contribution >= 4 is 95.1 Å². The number of aromatic nitrogens is 4. The molecule has 0 atom stereocenters. The number of nitrogens with one attached hydrogen (secondary N) is 2. The summed E-state index contributed by atoms with van der Waals surface area (Å²) in [6.45, 7) is 0. The van der Waals surface area contributed by atoms with E-state index in [0.717, 1.165) is 104 Å². The van der Waals surface area contributed by atoms with Crippen molar-refractivity contribution in [1.29, 1.82) is 0 Å². The number of rotatable bonds is 5. The summed E-state index contributed by atoms with van der Waals surface area (Å²) in [4.78, 5) is 31.6. The first-order chi connectivity index (χ1) is 33.0. The van der Waals surface area contributed by atoms with E-state index in [-0.39, 0.29) is 10.6 Å². The Labute approximate surface area is 383 Å². The predicted octanol–water partition coefficient (Wildman–Crippen LogP) is 15.8. The van der Waals surface area contributed by atoms with Gasteiger partial charge in [0.25, 0.3) is 5.69 Å². The van der Waals surface area contributed by atoms with Gasteiger partial charge in [0.15, 0.2) is 0 Å². The Bertz CT molecular complexity index is 4160. The molecule has 11 aromatic rings. The molecule has 13 rings (SSSR count). The second-order valence-corrected chi connectivity index (χ2v) is 17.2. The van der Waals surface area contributed by atoms with Gasteiger partial charge in [0.2, 0.25) is 0 Å². The van der Waals surface area contributed by atoms with Gasteiger partial charge in [-0.1, -0.05) is 146 Å². The van der Waals surface area contributed by atoms with Gasteiger partial charge in [0.05, 0.1) is 33.2 Å². The van der Waals surface area contributed by atoms with E-state index in [1.807, 2.05) is 48.6 Å². The van der Waals surface area contributed by atoms with Crippen molar-refractivity contribution in [3.8, 4) is 44.5 Å². The number of hydrogen-bond donors (Lipinski definition) is 2. The molecule has 7 heteroatoms. The zero-order valence-corrected chi connectivity index (χ0v) is 35.9. The Hall–Kier alpha value is -9.20. The number of nitrogens with zero attached hydrogens (tertiary/aromatic N) is 3. The minimum atomic E-state index is -0.297. The SMILES string of the molecule is O=[N+]([O-])c1cc2[nH]c1c(-c1ccc3ccccc3c1)c1nc(c(-c3ccc4ccccc4c3)c3ccc([nH]3)c(-c3ccc4ccccc4c3)c3nc(c2-c2ccc4ccccc4c2)C=C3)C=C1. The fourth-order valence-corrected chi connectivity index (χ4v) is 10.0. The molecule has 2 aliphatic rings. The van der Waals surface area contributed by atoms with Gasteiger partial charge in [-0.05, 0) is 126 Å². The van der Waals surface area contributed by atoms with Crippen molar-refractivity contribution in [1.82, 2.24) is 19.9 Å². The molecule has 0 fully saturated rings. The van der Waals surface area contributed by atoms with E-state index in [1.54, 1.807) is 6.07 Å². The van der Waals surface area contributed by atoms with Gasteiger partial charge in [-0.15, -0.1) is 0 Å². The van der Waals surface area contributed by atoms with E-state index >= 15 is 0 Å². The van der Waals surface area contributed by atoms with Gasteiger partial charge in [0, 0.05) is 39.4 Å². The molecule has 314 valence electrons. The van der Waals surface area contributed by atoms with E-state index in [2.05, 4.69) is 168 Å². The maximum Gasteiger partial charge on any atom is 0.295 e. The molecule has 8 aromatic carbocycles. The lowest BCUT2D eigenvalue weighted by atomic mass is 9.99. The van der Waals surface area contributed by atoms with E-state index in [1.165, 1.54) is 0 Å². The van der Waals surface area contributed by atoms with Crippen molar-refractivity contribution in [3.63, 3.8) is 0 Å². The maximum absolute atomic E-state index is 13.5. The third-order valence-corrected chi connectivity index (χ3v) is 13.2. The molecule has 0 aliphatic carbocycles. The van der Waals surface area contributed by atoms with Crippen molar-refractivity contribution < 1.29 is 4.92 Å². The summed E-state index contributed by atoms with van der Waals surface area (Å²) in [5, 5.41) is 22.2. The lowest BCUT2D eigenvalue weighted by Gasteiger charge is -2.09. The Morgan fingerprint density at radius 3 is 1.04 bits per heavy atom. The molecule has 7 nitrogen and oxygen atoms in total. The fourth-order valence-electron chi connectivity index (χ4n) is 10.0. The quantitative estimate of drug-likeness (QED) is 0.133. The Balaban J connectivity index is 1.22. The summed E-state index contributed by atoms with van der Waals surface area (Å²) in [6.07, 6.45) is 8.10. The fraction of sp³-hybridized carbons (Fsp3) is 0. The molecule has 8 bridgehead atoms. The highest BCUT2D eigenvalue weighted by atomic mass is 16.6. The van der Waals surface area contributed by atoms with Crippen LogP contribution in [0.25, 0.3) is 134 Å². The number of hydrogen-bond acceptors (Lipinski definition) is 4. The lowest BCUT2D eigenvalue weighted by molar-refractivity contribution is -0.382. The van der Waals surface area contributed by atoms with E-state index in [9.17, 15) is 10.1 Å². The molecule has 5 heterocycles. The molecule has 3 aromatic heterocycles. The molecular formula is C60H37N5O2. The summed E-state index contributed by atoms with van der Waals surface area (Å²) in [5.74, 6) is 0. The first-order valence-electron chi connectivity index (χ1n) is 22.3. The Kier molecular flexibility index (Phi) is 8.69. The van der Waals surface area contributed by atoms with Crippen LogP contribution in [0.3, 0.4) is 0 Å². The van der Waals surface area contributed by atoms with Crippen LogP contribution in [0, 0.1) is 10.1 Å². The second kappa shape index (κ2) is 15.2. The zero-order valence-electron chi connectivity index (χ0n) is 35.9. The Morgan fingerprint density at radius 1 is 0.343 bits per heavy atom. The molecule has 2 N–H and O–H groups in total. The van der Waals surface area contributed by atoms with Crippen molar-refractivity contribution in [3.05, 3.63) is 221 Å². The van der Waals surface area contributed by atoms with E-state index in [0.29, 0.717) is 28.0 Å². The van der Waals surface area contributed by atoms with Crippen LogP contribution in [0.15, 0.2) is 188 Å². The summed E-state index contributed by atoms with van der Waals surface area (Å²) in [6, 6.07) is 64.5. The predicted molar refractivity (Wildman–Crippen MR) is 277 cm³/mol. The molecule has 0 saturated heterocycles. The van der Waals surface area contributed by atoms with Gasteiger partial charge in [-0.3, -0.25) is 10.1 Å². The maximum atomic E-state index is 13.5. The van der Waals surface area contributed by atoms with Gasteiger partial charge < -0.3 is 9.97 Å². The average molecular weight is 860 g/mol. The van der Waals surface area contributed by atoms with Crippen LogP contribution >= 0.6 is 0 Å². The minimum absolute atomic E-state index is 0.0622. The molecule has 0 unspecified atom stereocenters. The second-order valence-electron chi connectivity index (χ2n) is 17.2. The summed E-state index contributed by atoms with van der Waals surface area (Å²) in [5.41, 5.74) is 12.2. The molecule has 0 amide bonds. The molecule has 0 radical (unpaired) electrons. The third-order valence-electron chi connectivity index (χ3n) is 13.2. The summed E-state index contributed by atoms with van der Waals surface area (Å²) in [7, 11) is 0. The smallest absolute Gasteiger partial charge is 0.295 e. The van der Waals surface area contributed by atoms with Crippen LogP contribution in [-0.2, 0) is 0 Å². The van der Waals surface area contributed by atoms with Crippen LogP contribution in [0.2, 0.25) is 0 Å². The number of H-pyrrole nitrogens is 2. The largest absolute Gasteiger partial charge is 0.354 e. The van der Waals surface area contributed by atoms with Crippen molar-refractivity contribution in [2.24, 2.45) is 0 Å².